The molecule has 29 heavy (non-hydrogen) atoms. The van der Waals surface area contributed by atoms with E-state index in [2.05, 4.69) is 0 Å². The first-order valence-corrected chi connectivity index (χ1v) is 11.0. The maximum absolute atomic E-state index is 13.4. The van der Waals surface area contributed by atoms with E-state index in [9.17, 15) is 8.42 Å². The number of hydrogen-bond donors (Lipinski definition) is 0. The second-order valence-corrected chi connectivity index (χ2v) is 8.97. The molecule has 0 aromatic heterocycles. The highest BCUT2D eigenvalue weighted by molar-refractivity contribution is 7.89. The maximum Gasteiger partial charge on any atom is 0.245 e. The normalized spacial score (nSPS) is 20.3. The van der Waals surface area contributed by atoms with Gasteiger partial charge in [0.2, 0.25) is 10.0 Å². The molecule has 3 aromatic carbocycles. The van der Waals surface area contributed by atoms with Gasteiger partial charge in [0, 0.05) is 6.54 Å². The van der Waals surface area contributed by atoms with Gasteiger partial charge in [0.25, 0.3) is 0 Å². The molecule has 0 aliphatic carbocycles. The zero-order valence-electron chi connectivity index (χ0n) is 16.2. The zero-order chi connectivity index (χ0) is 20.3. The third-order valence-corrected chi connectivity index (χ3v) is 6.83. The van der Waals surface area contributed by atoms with E-state index in [1.165, 1.54) is 4.31 Å². The van der Waals surface area contributed by atoms with Crippen LogP contribution < -0.4 is 0 Å². The molecule has 1 aliphatic heterocycles. The number of benzene rings is 3. The Morgan fingerprint density at radius 3 is 2.17 bits per heavy atom. The molecule has 148 valence electrons. The van der Waals surface area contributed by atoms with Crippen molar-refractivity contribution in [1.29, 1.82) is 0 Å². The molecule has 1 saturated heterocycles. The highest BCUT2D eigenvalue weighted by Gasteiger charge is 2.40. The Morgan fingerprint density at radius 2 is 1.52 bits per heavy atom. The van der Waals surface area contributed by atoms with Crippen molar-refractivity contribution in [3.05, 3.63) is 108 Å². The Labute approximate surface area is 172 Å². The van der Waals surface area contributed by atoms with Crippen LogP contribution in [0.15, 0.2) is 95.9 Å². The van der Waals surface area contributed by atoms with Crippen molar-refractivity contribution >= 4 is 16.1 Å². The lowest BCUT2D eigenvalue weighted by Gasteiger charge is -2.20. The van der Waals surface area contributed by atoms with Crippen molar-refractivity contribution in [3.8, 4) is 0 Å². The molecular weight excluding hydrogens is 382 g/mol. The van der Waals surface area contributed by atoms with Crippen LogP contribution in [0.1, 0.15) is 22.8 Å². The van der Waals surface area contributed by atoms with E-state index in [-0.39, 0.29) is 17.5 Å². The van der Waals surface area contributed by atoms with E-state index in [1.54, 1.807) is 12.1 Å². The summed E-state index contributed by atoms with van der Waals surface area (Å²) in [5.41, 5.74) is 2.98. The van der Waals surface area contributed by atoms with Crippen LogP contribution in [0.2, 0.25) is 0 Å². The number of ether oxygens (including phenoxy) is 1. The van der Waals surface area contributed by atoms with Crippen LogP contribution in [-0.2, 0) is 14.8 Å². The van der Waals surface area contributed by atoms with Crippen LogP contribution in [0, 0.1) is 6.92 Å². The molecule has 4 rings (SSSR count). The molecule has 2 atom stereocenters. The first-order valence-electron chi connectivity index (χ1n) is 9.56. The van der Waals surface area contributed by atoms with Gasteiger partial charge in [-0.2, -0.15) is 4.31 Å². The average Bonchev–Trinajstić information content (AvgIpc) is 3.19. The van der Waals surface area contributed by atoms with Gasteiger partial charge in [0.1, 0.15) is 6.23 Å². The number of sulfonamides is 1. The lowest BCUT2D eigenvalue weighted by molar-refractivity contribution is 0.0539. The Hall–Kier alpha value is -2.73. The van der Waals surface area contributed by atoms with Crippen molar-refractivity contribution in [3.63, 3.8) is 0 Å². The van der Waals surface area contributed by atoms with Gasteiger partial charge in [0.05, 0.1) is 11.0 Å². The van der Waals surface area contributed by atoms with E-state index in [0.717, 1.165) is 16.7 Å². The molecule has 0 radical (unpaired) electrons. The quantitative estimate of drug-likeness (QED) is 0.613. The van der Waals surface area contributed by atoms with Gasteiger partial charge in [-0.05, 0) is 36.3 Å². The van der Waals surface area contributed by atoms with Crippen molar-refractivity contribution in [2.75, 3.05) is 6.54 Å². The zero-order valence-corrected chi connectivity index (χ0v) is 17.0. The Kier molecular flexibility index (Phi) is 5.62. The number of hydrogen-bond acceptors (Lipinski definition) is 3. The first-order chi connectivity index (χ1) is 14.0. The summed E-state index contributed by atoms with van der Waals surface area (Å²) in [6.07, 6.45) is 2.72. The summed E-state index contributed by atoms with van der Waals surface area (Å²) in [5, 5.41) is 0. The molecule has 0 amide bonds. The molecule has 0 unspecified atom stereocenters. The summed E-state index contributed by atoms with van der Waals surface area (Å²) in [4.78, 5) is 0.276. The fourth-order valence-electron chi connectivity index (χ4n) is 3.38. The van der Waals surface area contributed by atoms with Crippen molar-refractivity contribution in [1.82, 2.24) is 4.31 Å². The highest BCUT2D eigenvalue weighted by atomic mass is 32.2. The standard InChI is InChI=1S/C24H23NO3S/c1-19-12-15-22(16-13-19)29(26,27)25-18-23(21-10-6-3-7-11-21)28-24(25)17-14-20-8-4-2-5-9-20/h2-17,23-24H,18H2,1H3/b17-14+/t23-,24+/m1/s1. The fraction of sp³-hybridized carbons (Fsp3) is 0.167. The van der Waals surface area contributed by atoms with Gasteiger partial charge in [-0.3, -0.25) is 0 Å². The summed E-state index contributed by atoms with van der Waals surface area (Å²) >= 11 is 0. The molecule has 5 heteroatoms. The van der Waals surface area contributed by atoms with E-state index >= 15 is 0 Å². The Bertz CT molecular complexity index is 1080. The molecule has 0 bridgehead atoms. The second kappa shape index (κ2) is 8.33. The molecule has 0 saturated carbocycles. The second-order valence-electron chi connectivity index (χ2n) is 7.08. The Morgan fingerprint density at radius 1 is 0.897 bits per heavy atom. The molecule has 0 N–H and O–H groups in total. The van der Waals surface area contributed by atoms with E-state index in [0.29, 0.717) is 0 Å². The molecule has 1 fully saturated rings. The Balaban J connectivity index is 1.67. The molecule has 1 heterocycles. The van der Waals surface area contributed by atoms with Crippen LogP contribution >= 0.6 is 0 Å². The lowest BCUT2D eigenvalue weighted by atomic mass is 10.1. The molecule has 1 aliphatic rings. The molecule has 4 nitrogen and oxygen atoms in total. The van der Waals surface area contributed by atoms with Gasteiger partial charge < -0.3 is 4.74 Å². The van der Waals surface area contributed by atoms with E-state index in [1.807, 2.05) is 91.9 Å². The van der Waals surface area contributed by atoms with Crippen LogP contribution in [0.4, 0.5) is 0 Å². The summed E-state index contributed by atoms with van der Waals surface area (Å²) < 4.78 is 34.3. The maximum atomic E-state index is 13.4. The third-order valence-electron chi connectivity index (χ3n) is 4.99. The van der Waals surface area contributed by atoms with Crippen LogP contribution in [0.25, 0.3) is 6.08 Å². The molecule has 0 spiro atoms. The number of aryl methyl sites for hydroxylation is 1. The third kappa shape index (κ3) is 4.32. The van der Waals surface area contributed by atoms with Crippen molar-refractivity contribution < 1.29 is 13.2 Å². The van der Waals surface area contributed by atoms with Gasteiger partial charge >= 0.3 is 0 Å². The van der Waals surface area contributed by atoms with Crippen molar-refractivity contribution in [2.24, 2.45) is 0 Å². The minimum atomic E-state index is -3.69. The fourth-order valence-corrected chi connectivity index (χ4v) is 4.85. The average molecular weight is 406 g/mol. The van der Waals surface area contributed by atoms with E-state index < -0.39 is 16.3 Å². The van der Waals surface area contributed by atoms with Gasteiger partial charge in [-0.15, -0.1) is 0 Å². The monoisotopic (exact) mass is 405 g/mol. The van der Waals surface area contributed by atoms with Gasteiger partial charge in [-0.25, -0.2) is 8.42 Å². The minimum Gasteiger partial charge on any atom is -0.349 e. The first kappa shape index (κ1) is 19.6. The van der Waals surface area contributed by atoms with E-state index in [4.69, 9.17) is 4.74 Å². The number of nitrogens with zero attached hydrogens (tertiary/aromatic N) is 1. The minimum absolute atomic E-state index is 0.268. The predicted octanol–water partition coefficient (Wildman–Crippen LogP) is 4.80. The summed E-state index contributed by atoms with van der Waals surface area (Å²) in [6, 6.07) is 26.4. The topological polar surface area (TPSA) is 46.6 Å². The predicted molar refractivity (Wildman–Crippen MR) is 115 cm³/mol. The lowest BCUT2D eigenvalue weighted by Crippen LogP contribution is -2.35. The highest BCUT2D eigenvalue weighted by Crippen LogP contribution is 2.34. The summed E-state index contributed by atoms with van der Waals surface area (Å²) in [5.74, 6) is 0. The van der Waals surface area contributed by atoms with Gasteiger partial charge in [-0.1, -0.05) is 84.4 Å². The van der Waals surface area contributed by atoms with Crippen LogP contribution in [0.3, 0.4) is 0 Å². The molecule has 3 aromatic rings. The summed E-state index contributed by atoms with van der Waals surface area (Å²) in [6.45, 7) is 2.20. The van der Waals surface area contributed by atoms with Gasteiger partial charge in [0.15, 0.2) is 0 Å². The SMILES string of the molecule is Cc1ccc(S(=O)(=O)N2C[C@H](c3ccccc3)O[C@H]2/C=C/c2ccccc2)cc1. The van der Waals surface area contributed by atoms with Crippen molar-refractivity contribution in [2.45, 2.75) is 24.2 Å². The largest absolute Gasteiger partial charge is 0.349 e. The smallest absolute Gasteiger partial charge is 0.245 e. The van der Waals surface area contributed by atoms with Crippen LogP contribution in [-0.4, -0.2) is 25.5 Å². The molecular formula is C24H23NO3S. The van der Waals surface area contributed by atoms with Crippen LogP contribution in [0.5, 0.6) is 0 Å². The number of rotatable bonds is 5. The summed E-state index contributed by atoms with van der Waals surface area (Å²) in [7, 11) is -3.69.